The summed E-state index contributed by atoms with van der Waals surface area (Å²) >= 11 is 6.22. The number of imide groups is 1. The van der Waals surface area contributed by atoms with Crippen LogP contribution in [0.3, 0.4) is 0 Å². The molecule has 184 valence electrons. The summed E-state index contributed by atoms with van der Waals surface area (Å²) in [6.07, 6.45) is 0.157. The Hall–Kier alpha value is -4.30. The van der Waals surface area contributed by atoms with Crippen LogP contribution in [0.1, 0.15) is 12.5 Å². The fourth-order valence-electron chi connectivity index (χ4n) is 3.65. The van der Waals surface area contributed by atoms with Crippen LogP contribution in [0.25, 0.3) is 0 Å². The molecule has 0 atom stereocenters. The largest absolute Gasteiger partial charge is 0.497 e. The summed E-state index contributed by atoms with van der Waals surface area (Å²) in [4.78, 5) is 39.1. The second kappa shape index (κ2) is 11.0. The highest BCUT2D eigenvalue weighted by Crippen LogP contribution is 2.31. The number of amides is 3. The predicted octanol–water partition coefficient (Wildman–Crippen LogP) is 4.71. The van der Waals surface area contributed by atoms with E-state index in [1.807, 2.05) is 6.92 Å². The van der Waals surface area contributed by atoms with Gasteiger partial charge in [-0.25, -0.2) is 4.90 Å². The van der Waals surface area contributed by atoms with Crippen molar-refractivity contribution in [2.45, 2.75) is 13.3 Å². The number of benzene rings is 3. The molecule has 0 unspecified atom stereocenters. The van der Waals surface area contributed by atoms with Crippen LogP contribution in [0.2, 0.25) is 0 Å². The van der Waals surface area contributed by atoms with E-state index in [2.05, 4.69) is 10.6 Å². The fourth-order valence-corrected chi connectivity index (χ4v) is 3.86. The van der Waals surface area contributed by atoms with Gasteiger partial charge in [0.1, 0.15) is 22.2 Å². The van der Waals surface area contributed by atoms with Crippen molar-refractivity contribution in [2.75, 3.05) is 29.3 Å². The molecule has 0 aromatic heterocycles. The highest BCUT2D eigenvalue weighted by atomic mass is 35.5. The maximum absolute atomic E-state index is 13.0. The summed E-state index contributed by atoms with van der Waals surface area (Å²) in [5.41, 5.74) is 2.33. The summed E-state index contributed by atoms with van der Waals surface area (Å²) < 4.78 is 10.6. The van der Waals surface area contributed by atoms with Crippen LogP contribution in [0.5, 0.6) is 11.5 Å². The summed E-state index contributed by atoms with van der Waals surface area (Å²) in [6, 6.07) is 20.7. The summed E-state index contributed by atoms with van der Waals surface area (Å²) in [5.74, 6) is -0.0698. The molecular formula is C27H24ClN3O5. The Balaban J connectivity index is 1.40. The third kappa shape index (κ3) is 5.50. The molecule has 0 fully saturated rings. The highest BCUT2D eigenvalue weighted by molar-refractivity contribution is 6.53. The van der Waals surface area contributed by atoms with Crippen molar-refractivity contribution < 1.29 is 23.9 Å². The van der Waals surface area contributed by atoms with Gasteiger partial charge >= 0.3 is 0 Å². The monoisotopic (exact) mass is 505 g/mol. The van der Waals surface area contributed by atoms with Crippen molar-refractivity contribution >= 4 is 46.4 Å². The summed E-state index contributed by atoms with van der Waals surface area (Å²) in [5, 5.41) is 5.56. The predicted molar refractivity (Wildman–Crippen MR) is 138 cm³/mol. The molecule has 1 aliphatic rings. The lowest BCUT2D eigenvalue weighted by atomic mass is 10.1. The van der Waals surface area contributed by atoms with Gasteiger partial charge in [-0.05, 0) is 61.0 Å². The van der Waals surface area contributed by atoms with E-state index in [0.29, 0.717) is 35.2 Å². The number of anilines is 3. The van der Waals surface area contributed by atoms with Crippen molar-refractivity contribution in [1.29, 1.82) is 0 Å². The number of nitrogens with zero attached hydrogens (tertiary/aromatic N) is 1. The maximum atomic E-state index is 13.0. The van der Waals surface area contributed by atoms with Gasteiger partial charge in [0.2, 0.25) is 5.91 Å². The summed E-state index contributed by atoms with van der Waals surface area (Å²) in [7, 11) is 1.56. The Morgan fingerprint density at radius 3 is 2.31 bits per heavy atom. The topological polar surface area (TPSA) is 97.0 Å². The minimum atomic E-state index is -0.612. The van der Waals surface area contributed by atoms with Gasteiger partial charge in [-0.2, -0.15) is 0 Å². The van der Waals surface area contributed by atoms with Gasteiger partial charge < -0.3 is 20.1 Å². The third-order valence-electron chi connectivity index (χ3n) is 5.37. The molecule has 0 radical (unpaired) electrons. The maximum Gasteiger partial charge on any atom is 0.283 e. The number of methoxy groups -OCH3 is 1. The van der Waals surface area contributed by atoms with Crippen molar-refractivity contribution in [3.05, 3.63) is 89.1 Å². The number of carbonyl (C=O) groups is 3. The second-order valence-corrected chi connectivity index (χ2v) is 8.22. The number of nitrogens with one attached hydrogen (secondary N) is 2. The number of carbonyl (C=O) groups excluding carboxylic acids is 3. The molecule has 2 N–H and O–H groups in total. The van der Waals surface area contributed by atoms with E-state index in [9.17, 15) is 14.4 Å². The first-order chi connectivity index (χ1) is 17.4. The molecule has 3 amide bonds. The van der Waals surface area contributed by atoms with E-state index < -0.39 is 11.8 Å². The van der Waals surface area contributed by atoms with E-state index in [0.717, 1.165) is 10.5 Å². The Bertz CT molecular complexity index is 1320. The molecule has 1 aliphatic heterocycles. The normalized spacial score (nSPS) is 13.1. The average Bonchev–Trinajstić information content (AvgIpc) is 3.09. The Kier molecular flexibility index (Phi) is 7.56. The van der Waals surface area contributed by atoms with Gasteiger partial charge in [-0.3, -0.25) is 14.4 Å². The Labute approximate surface area is 213 Å². The third-order valence-corrected chi connectivity index (χ3v) is 5.73. The molecule has 8 nitrogen and oxygen atoms in total. The zero-order valence-corrected chi connectivity index (χ0v) is 20.5. The molecule has 9 heteroatoms. The molecule has 36 heavy (non-hydrogen) atoms. The van der Waals surface area contributed by atoms with Gasteiger partial charge in [0.15, 0.2) is 0 Å². The zero-order chi connectivity index (χ0) is 25.7. The molecule has 3 aromatic rings. The Morgan fingerprint density at radius 2 is 1.64 bits per heavy atom. The zero-order valence-electron chi connectivity index (χ0n) is 19.7. The van der Waals surface area contributed by atoms with Crippen LogP contribution in [-0.2, 0) is 20.8 Å². The fraction of sp³-hybridized carbons (Fsp3) is 0.148. The molecule has 1 heterocycles. The smallest absolute Gasteiger partial charge is 0.283 e. The van der Waals surface area contributed by atoms with E-state index in [1.165, 1.54) is 0 Å². The van der Waals surface area contributed by atoms with Gasteiger partial charge in [0.25, 0.3) is 11.8 Å². The first-order valence-electron chi connectivity index (χ1n) is 11.2. The number of hydrogen-bond acceptors (Lipinski definition) is 6. The van der Waals surface area contributed by atoms with Gasteiger partial charge in [0.05, 0.1) is 25.8 Å². The van der Waals surface area contributed by atoms with Crippen molar-refractivity contribution in [3.63, 3.8) is 0 Å². The molecule has 0 aliphatic carbocycles. The first kappa shape index (κ1) is 24.8. The van der Waals surface area contributed by atoms with E-state index in [1.54, 1.807) is 79.9 Å². The van der Waals surface area contributed by atoms with Gasteiger partial charge in [-0.15, -0.1) is 0 Å². The van der Waals surface area contributed by atoms with Crippen LogP contribution in [-0.4, -0.2) is 31.4 Å². The lowest BCUT2D eigenvalue weighted by Crippen LogP contribution is -2.32. The van der Waals surface area contributed by atoms with Crippen LogP contribution < -0.4 is 25.0 Å². The van der Waals surface area contributed by atoms with E-state index in [4.69, 9.17) is 21.1 Å². The van der Waals surface area contributed by atoms with Crippen LogP contribution in [0.15, 0.2) is 83.5 Å². The number of ether oxygens (including phenoxy) is 2. The summed E-state index contributed by atoms with van der Waals surface area (Å²) in [6.45, 7) is 2.38. The van der Waals surface area contributed by atoms with Crippen molar-refractivity contribution in [3.8, 4) is 11.5 Å². The quantitative estimate of drug-likeness (QED) is 0.409. The number of rotatable bonds is 9. The molecule has 0 bridgehead atoms. The number of hydrogen-bond donors (Lipinski definition) is 2. The van der Waals surface area contributed by atoms with Crippen molar-refractivity contribution in [1.82, 2.24) is 0 Å². The van der Waals surface area contributed by atoms with Gasteiger partial charge in [0, 0.05) is 17.4 Å². The number of halogens is 1. The lowest BCUT2D eigenvalue weighted by Gasteiger charge is -2.15. The SMILES string of the molecule is CCOc1ccc(N2C(=O)C(Cl)=C(Nc3ccc(CC(=O)Nc4cccc(OC)c4)cc3)C2=O)cc1. The molecule has 4 rings (SSSR count). The lowest BCUT2D eigenvalue weighted by molar-refractivity contribution is -0.120. The molecule has 0 saturated carbocycles. The first-order valence-corrected chi connectivity index (χ1v) is 11.6. The minimum absolute atomic E-state index is 0.0148. The average molecular weight is 506 g/mol. The second-order valence-electron chi connectivity index (χ2n) is 7.84. The van der Waals surface area contributed by atoms with Crippen molar-refractivity contribution in [2.24, 2.45) is 0 Å². The highest BCUT2D eigenvalue weighted by Gasteiger charge is 2.38. The molecule has 0 spiro atoms. The minimum Gasteiger partial charge on any atom is -0.497 e. The molecule has 0 saturated heterocycles. The molecular weight excluding hydrogens is 482 g/mol. The van der Waals surface area contributed by atoms with E-state index >= 15 is 0 Å². The molecule has 3 aromatic carbocycles. The standard InChI is InChI=1S/C27H24ClN3O5/c1-3-36-21-13-11-20(12-14-21)31-26(33)24(28)25(27(31)34)30-18-9-7-17(8-10-18)15-23(32)29-19-5-4-6-22(16-19)35-2/h4-14,16,30H,3,15H2,1-2H3,(H,29,32). The van der Waals surface area contributed by atoms with Gasteiger partial charge in [-0.1, -0.05) is 29.8 Å². The van der Waals surface area contributed by atoms with E-state index in [-0.39, 0.29) is 23.1 Å². The van der Waals surface area contributed by atoms with Crippen LogP contribution in [0.4, 0.5) is 17.1 Å². The van der Waals surface area contributed by atoms with Crippen LogP contribution >= 0.6 is 11.6 Å². The Morgan fingerprint density at radius 1 is 0.917 bits per heavy atom. The van der Waals surface area contributed by atoms with Crippen LogP contribution in [0, 0.1) is 0 Å².